The maximum absolute atomic E-state index is 11.4. The van der Waals surface area contributed by atoms with Crippen LogP contribution in [0.4, 0.5) is 5.69 Å². The first kappa shape index (κ1) is 12.2. The number of esters is 1. The molecule has 86 valence electrons. The number of carbonyl (C=O) groups excluding carboxylic acids is 2. The second-order valence-corrected chi connectivity index (χ2v) is 3.35. The fourth-order valence-electron chi connectivity index (χ4n) is 1.39. The number of nitrogens with two attached hydrogens (primary N) is 1. The van der Waals surface area contributed by atoms with E-state index in [0.29, 0.717) is 30.7 Å². The van der Waals surface area contributed by atoms with Crippen LogP contribution < -0.4 is 5.73 Å². The number of aldehydes is 1. The summed E-state index contributed by atoms with van der Waals surface area (Å²) in [6.07, 6.45) is 1.95. The fraction of sp³-hybridized carbons (Fsp3) is 0.333. The lowest BCUT2D eigenvalue weighted by molar-refractivity contribution is -0.107. The van der Waals surface area contributed by atoms with Gasteiger partial charge in [-0.05, 0) is 31.0 Å². The molecule has 0 fully saturated rings. The van der Waals surface area contributed by atoms with Crippen molar-refractivity contribution in [2.24, 2.45) is 0 Å². The quantitative estimate of drug-likeness (QED) is 0.465. The molecule has 0 radical (unpaired) electrons. The first-order chi connectivity index (χ1) is 7.69. The molecule has 2 N–H and O–H groups in total. The molecule has 1 rings (SSSR count). The lowest BCUT2D eigenvalue weighted by Crippen LogP contribution is -2.08. The molecule has 0 saturated carbocycles. The van der Waals surface area contributed by atoms with E-state index in [-0.39, 0.29) is 0 Å². The highest BCUT2D eigenvalue weighted by atomic mass is 16.5. The highest BCUT2D eigenvalue weighted by molar-refractivity contribution is 5.95. The highest BCUT2D eigenvalue weighted by Gasteiger charge is 2.10. The molecule has 0 aliphatic carbocycles. The molecule has 0 heterocycles. The molecule has 0 bridgehead atoms. The third kappa shape index (κ3) is 3.08. The Labute approximate surface area is 94.4 Å². The molecular formula is C12H15NO3. The number of hydrogen-bond acceptors (Lipinski definition) is 4. The minimum Gasteiger partial charge on any atom is -0.462 e. The summed E-state index contributed by atoms with van der Waals surface area (Å²) in [5.41, 5.74) is 7.44. The molecule has 4 heteroatoms. The molecule has 0 amide bonds. The van der Waals surface area contributed by atoms with Crippen molar-refractivity contribution in [2.75, 3.05) is 12.3 Å². The number of ether oxygens (including phenoxy) is 1. The number of rotatable bonds is 5. The number of aryl methyl sites for hydroxylation is 1. The SMILES string of the molecule is CCOC(=O)c1ccc(CCC=O)cc1N. The lowest BCUT2D eigenvalue weighted by atomic mass is 10.1. The van der Waals surface area contributed by atoms with Gasteiger partial charge in [0, 0.05) is 12.1 Å². The van der Waals surface area contributed by atoms with Crippen LogP contribution in [0.25, 0.3) is 0 Å². The van der Waals surface area contributed by atoms with Gasteiger partial charge in [-0.25, -0.2) is 4.79 Å². The Hall–Kier alpha value is -1.84. The molecule has 0 aliphatic heterocycles. The van der Waals surface area contributed by atoms with Crippen LogP contribution in [-0.4, -0.2) is 18.9 Å². The van der Waals surface area contributed by atoms with E-state index in [0.717, 1.165) is 11.8 Å². The van der Waals surface area contributed by atoms with Crippen LogP contribution in [0.3, 0.4) is 0 Å². The first-order valence-corrected chi connectivity index (χ1v) is 5.18. The van der Waals surface area contributed by atoms with Crippen LogP contribution in [0.15, 0.2) is 18.2 Å². The van der Waals surface area contributed by atoms with Crippen LogP contribution in [0.2, 0.25) is 0 Å². The summed E-state index contributed by atoms with van der Waals surface area (Å²) in [4.78, 5) is 21.7. The zero-order chi connectivity index (χ0) is 12.0. The second-order valence-electron chi connectivity index (χ2n) is 3.35. The average molecular weight is 221 g/mol. The number of nitrogen functional groups attached to an aromatic ring is 1. The highest BCUT2D eigenvalue weighted by Crippen LogP contribution is 2.16. The molecule has 0 spiro atoms. The van der Waals surface area contributed by atoms with E-state index in [2.05, 4.69) is 0 Å². The Morgan fingerprint density at radius 2 is 2.25 bits per heavy atom. The topological polar surface area (TPSA) is 69.4 Å². The molecule has 1 aromatic rings. The van der Waals surface area contributed by atoms with Crippen molar-refractivity contribution >= 4 is 17.9 Å². The Kier molecular flexibility index (Phi) is 4.51. The van der Waals surface area contributed by atoms with E-state index in [4.69, 9.17) is 10.5 Å². The van der Waals surface area contributed by atoms with Crippen molar-refractivity contribution < 1.29 is 14.3 Å². The Bertz CT molecular complexity index is 388. The van der Waals surface area contributed by atoms with Crippen molar-refractivity contribution in [3.05, 3.63) is 29.3 Å². The lowest BCUT2D eigenvalue weighted by Gasteiger charge is -2.06. The second kappa shape index (κ2) is 5.90. The molecule has 0 aliphatic rings. The minimum atomic E-state index is -0.415. The van der Waals surface area contributed by atoms with Crippen LogP contribution in [0.1, 0.15) is 29.3 Å². The Morgan fingerprint density at radius 3 is 2.81 bits per heavy atom. The van der Waals surface area contributed by atoms with E-state index in [1.54, 1.807) is 25.1 Å². The molecule has 0 atom stereocenters. The predicted molar refractivity (Wildman–Crippen MR) is 61.2 cm³/mol. The summed E-state index contributed by atoms with van der Waals surface area (Å²) in [6, 6.07) is 5.12. The maximum Gasteiger partial charge on any atom is 0.340 e. The first-order valence-electron chi connectivity index (χ1n) is 5.18. The van der Waals surface area contributed by atoms with Crippen molar-refractivity contribution in [2.45, 2.75) is 19.8 Å². The van der Waals surface area contributed by atoms with Crippen molar-refractivity contribution in [3.63, 3.8) is 0 Å². The van der Waals surface area contributed by atoms with Gasteiger partial charge >= 0.3 is 5.97 Å². The molecule has 0 unspecified atom stereocenters. The van der Waals surface area contributed by atoms with E-state index in [1.165, 1.54) is 0 Å². The number of anilines is 1. The van der Waals surface area contributed by atoms with Gasteiger partial charge in [-0.1, -0.05) is 6.07 Å². The van der Waals surface area contributed by atoms with E-state index in [9.17, 15) is 9.59 Å². The predicted octanol–water partition coefficient (Wildman–Crippen LogP) is 1.58. The van der Waals surface area contributed by atoms with Crippen LogP contribution in [0.5, 0.6) is 0 Å². The van der Waals surface area contributed by atoms with Gasteiger partial charge in [0.2, 0.25) is 0 Å². The van der Waals surface area contributed by atoms with Crippen molar-refractivity contribution in [1.82, 2.24) is 0 Å². The van der Waals surface area contributed by atoms with E-state index >= 15 is 0 Å². The molecule has 4 nitrogen and oxygen atoms in total. The Balaban J connectivity index is 2.82. The molecule has 1 aromatic carbocycles. The Morgan fingerprint density at radius 1 is 1.50 bits per heavy atom. The van der Waals surface area contributed by atoms with Gasteiger partial charge in [-0.3, -0.25) is 0 Å². The fourth-order valence-corrected chi connectivity index (χ4v) is 1.39. The normalized spacial score (nSPS) is 9.81. The summed E-state index contributed by atoms with van der Waals surface area (Å²) in [7, 11) is 0. The van der Waals surface area contributed by atoms with E-state index < -0.39 is 5.97 Å². The van der Waals surface area contributed by atoms with Crippen LogP contribution >= 0.6 is 0 Å². The van der Waals surface area contributed by atoms with Gasteiger partial charge in [0.05, 0.1) is 12.2 Å². The minimum absolute atomic E-state index is 0.325. The van der Waals surface area contributed by atoms with Crippen molar-refractivity contribution in [1.29, 1.82) is 0 Å². The van der Waals surface area contributed by atoms with Gasteiger partial charge in [0.15, 0.2) is 0 Å². The summed E-state index contributed by atoms with van der Waals surface area (Å²) in [6.45, 7) is 2.07. The van der Waals surface area contributed by atoms with Gasteiger partial charge in [-0.2, -0.15) is 0 Å². The van der Waals surface area contributed by atoms with Gasteiger partial charge < -0.3 is 15.3 Å². The van der Waals surface area contributed by atoms with Gasteiger partial charge in [0.1, 0.15) is 6.29 Å². The zero-order valence-electron chi connectivity index (χ0n) is 9.23. The monoisotopic (exact) mass is 221 g/mol. The smallest absolute Gasteiger partial charge is 0.340 e. The van der Waals surface area contributed by atoms with Gasteiger partial charge in [0.25, 0.3) is 0 Å². The van der Waals surface area contributed by atoms with Crippen LogP contribution in [-0.2, 0) is 16.0 Å². The average Bonchev–Trinajstić information content (AvgIpc) is 2.26. The van der Waals surface area contributed by atoms with Gasteiger partial charge in [-0.15, -0.1) is 0 Å². The summed E-state index contributed by atoms with van der Waals surface area (Å²) in [5.74, 6) is -0.415. The number of carbonyl (C=O) groups is 2. The molecule has 16 heavy (non-hydrogen) atoms. The maximum atomic E-state index is 11.4. The zero-order valence-corrected chi connectivity index (χ0v) is 9.23. The van der Waals surface area contributed by atoms with E-state index in [1.807, 2.05) is 0 Å². The molecule has 0 saturated heterocycles. The summed E-state index contributed by atoms with van der Waals surface area (Å²) in [5, 5.41) is 0. The van der Waals surface area contributed by atoms with Crippen molar-refractivity contribution in [3.8, 4) is 0 Å². The third-order valence-electron chi connectivity index (χ3n) is 2.16. The third-order valence-corrected chi connectivity index (χ3v) is 2.16. The largest absolute Gasteiger partial charge is 0.462 e. The summed E-state index contributed by atoms with van der Waals surface area (Å²) >= 11 is 0. The van der Waals surface area contributed by atoms with Crippen LogP contribution in [0, 0.1) is 0 Å². The molecule has 0 aromatic heterocycles. The number of hydrogen-bond donors (Lipinski definition) is 1. The number of benzene rings is 1. The standard InChI is InChI=1S/C12H15NO3/c1-2-16-12(15)10-6-5-9(4-3-7-14)8-11(10)13/h5-8H,2-4,13H2,1H3. The molecular weight excluding hydrogens is 206 g/mol. The summed E-state index contributed by atoms with van der Waals surface area (Å²) < 4.78 is 4.85.